The molecule has 1 atom stereocenters. The van der Waals surface area contributed by atoms with Crippen molar-refractivity contribution in [1.29, 1.82) is 0 Å². The van der Waals surface area contributed by atoms with Crippen LogP contribution >= 0.6 is 31.9 Å². The Hall–Kier alpha value is 0.230. The van der Waals surface area contributed by atoms with Crippen LogP contribution in [0.3, 0.4) is 0 Å². The van der Waals surface area contributed by atoms with E-state index in [0.29, 0.717) is 6.54 Å². The Morgan fingerprint density at radius 1 is 1.54 bits per heavy atom. The van der Waals surface area contributed by atoms with Crippen LogP contribution in [0.25, 0.3) is 0 Å². The zero-order valence-corrected chi connectivity index (χ0v) is 11.2. The predicted octanol–water partition coefficient (Wildman–Crippen LogP) is 2.67. The second-order valence-corrected chi connectivity index (χ2v) is 5.58. The van der Waals surface area contributed by atoms with Crippen molar-refractivity contribution in [2.24, 2.45) is 0 Å². The van der Waals surface area contributed by atoms with Gasteiger partial charge in [-0.1, -0.05) is 31.9 Å². The fourth-order valence-electron chi connectivity index (χ4n) is 0.563. The quantitative estimate of drug-likeness (QED) is 0.813. The largest absolute Gasteiger partial charge is 0.444 e. The summed E-state index contributed by atoms with van der Waals surface area (Å²) in [5, 5.41) is 3.45. The van der Waals surface area contributed by atoms with E-state index in [2.05, 4.69) is 37.2 Å². The fraction of sp³-hybridized carbons (Fsp3) is 0.875. The Kier molecular flexibility index (Phi) is 5.96. The van der Waals surface area contributed by atoms with E-state index in [0.717, 1.165) is 5.33 Å². The van der Waals surface area contributed by atoms with E-state index < -0.39 is 5.60 Å². The number of alkyl halides is 2. The first-order valence-corrected chi connectivity index (χ1v) is 6.06. The number of hydrogen-bond acceptors (Lipinski definition) is 2. The van der Waals surface area contributed by atoms with Crippen LogP contribution in [-0.4, -0.2) is 28.4 Å². The number of amides is 1. The number of halogens is 2. The third kappa shape index (κ3) is 8.56. The molecule has 0 aromatic heterocycles. The number of alkyl carbamates (subject to hydrolysis) is 1. The topological polar surface area (TPSA) is 38.3 Å². The molecule has 0 saturated carbocycles. The summed E-state index contributed by atoms with van der Waals surface area (Å²) in [6.45, 7) is 6.06. The monoisotopic (exact) mass is 315 g/mol. The summed E-state index contributed by atoms with van der Waals surface area (Å²) in [6, 6.07) is 0. The van der Waals surface area contributed by atoms with Crippen LogP contribution in [0.15, 0.2) is 0 Å². The number of hydrogen-bond donors (Lipinski definition) is 1. The Bertz CT molecular complexity index is 168. The van der Waals surface area contributed by atoms with Gasteiger partial charge in [-0.2, -0.15) is 0 Å². The van der Waals surface area contributed by atoms with Gasteiger partial charge in [-0.05, 0) is 20.8 Å². The van der Waals surface area contributed by atoms with Gasteiger partial charge in [-0.3, -0.25) is 0 Å². The second-order valence-electron chi connectivity index (χ2n) is 3.63. The fourth-order valence-corrected chi connectivity index (χ4v) is 0.954. The standard InChI is InChI=1S/C8H15Br2NO2/c1-8(2,3)13-7(12)11-5-6(10)4-9/h6H,4-5H2,1-3H3,(H,11,12). The summed E-state index contributed by atoms with van der Waals surface area (Å²) in [4.78, 5) is 11.3. The number of ether oxygens (including phenoxy) is 1. The van der Waals surface area contributed by atoms with Gasteiger partial charge >= 0.3 is 6.09 Å². The summed E-state index contributed by atoms with van der Waals surface area (Å²) in [7, 11) is 0. The van der Waals surface area contributed by atoms with Crippen molar-refractivity contribution in [3.8, 4) is 0 Å². The van der Waals surface area contributed by atoms with Crippen molar-refractivity contribution in [3.63, 3.8) is 0 Å². The molecular weight excluding hydrogens is 302 g/mol. The lowest BCUT2D eigenvalue weighted by atomic mass is 10.2. The van der Waals surface area contributed by atoms with Gasteiger partial charge < -0.3 is 10.1 Å². The maximum Gasteiger partial charge on any atom is 0.407 e. The molecule has 1 amide bonds. The lowest BCUT2D eigenvalue weighted by Crippen LogP contribution is -2.35. The SMILES string of the molecule is CC(C)(C)OC(=O)NCC(Br)CBr. The van der Waals surface area contributed by atoms with Crippen molar-refractivity contribution in [3.05, 3.63) is 0 Å². The minimum absolute atomic E-state index is 0.236. The van der Waals surface area contributed by atoms with Gasteiger partial charge in [0.15, 0.2) is 0 Å². The molecule has 5 heteroatoms. The van der Waals surface area contributed by atoms with E-state index in [1.807, 2.05) is 20.8 Å². The lowest BCUT2D eigenvalue weighted by molar-refractivity contribution is 0.0529. The summed E-state index contributed by atoms with van der Waals surface area (Å²) in [5.41, 5.74) is -0.430. The molecular formula is C8H15Br2NO2. The van der Waals surface area contributed by atoms with Crippen molar-refractivity contribution in [2.75, 3.05) is 11.9 Å². The molecule has 13 heavy (non-hydrogen) atoms. The summed E-state index contributed by atoms with van der Waals surface area (Å²) in [5.74, 6) is 0. The number of carbonyl (C=O) groups is 1. The summed E-state index contributed by atoms with van der Waals surface area (Å²) < 4.78 is 5.05. The van der Waals surface area contributed by atoms with Crippen molar-refractivity contribution < 1.29 is 9.53 Å². The maximum absolute atomic E-state index is 11.1. The lowest BCUT2D eigenvalue weighted by Gasteiger charge is -2.20. The van der Waals surface area contributed by atoms with Gasteiger partial charge in [0.25, 0.3) is 0 Å². The van der Waals surface area contributed by atoms with Gasteiger partial charge in [0.05, 0.1) is 0 Å². The molecule has 0 rings (SSSR count). The molecule has 78 valence electrons. The summed E-state index contributed by atoms with van der Waals surface area (Å²) in [6.07, 6.45) is -0.377. The molecule has 0 aliphatic heterocycles. The van der Waals surface area contributed by atoms with E-state index in [9.17, 15) is 4.79 Å². The molecule has 0 saturated heterocycles. The smallest absolute Gasteiger partial charge is 0.407 e. The predicted molar refractivity (Wildman–Crippen MR) is 60.7 cm³/mol. The van der Waals surface area contributed by atoms with Crippen LogP contribution in [0.2, 0.25) is 0 Å². The van der Waals surface area contributed by atoms with Crippen LogP contribution in [0, 0.1) is 0 Å². The van der Waals surface area contributed by atoms with Gasteiger partial charge in [-0.15, -0.1) is 0 Å². The number of carbonyl (C=O) groups excluding carboxylic acids is 1. The molecule has 0 spiro atoms. The van der Waals surface area contributed by atoms with Crippen LogP contribution in [0.1, 0.15) is 20.8 Å². The van der Waals surface area contributed by atoms with E-state index in [-0.39, 0.29) is 10.9 Å². The van der Waals surface area contributed by atoms with E-state index in [1.165, 1.54) is 0 Å². The first-order chi connectivity index (χ1) is 5.85. The number of rotatable bonds is 3. The highest BCUT2D eigenvalue weighted by Crippen LogP contribution is 2.07. The zero-order chi connectivity index (χ0) is 10.5. The highest BCUT2D eigenvalue weighted by molar-refractivity contribution is 9.12. The normalized spacial score (nSPS) is 13.6. The van der Waals surface area contributed by atoms with E-state index in [1.54, 1.807) is 0 Å². The molecule has 0 bridgehead atoms. The highest BCUT2D eigenvalue weighted by atomic mass is 79.9. The van der Waals surface area contributed by atoms with Crippen LogP contribution < -0.4 is 5.32 Å². The van der Waals surface area contributed by atoms with Gasteiger partial charge in [0.1, 0.15) is 5.60 Å². The van der Waals surface area contributed by atoms with Crippen molar-refractivity contribution >= 4 is 38.0 Å². The van der Waals surface area contributed by atoms with Crippen LogP contribution in [0.4, 0.5) is 4.79 Å². The van der Waals surface area contributed by atoms with Crippen LogP contribution in [0.5, 0.6) is 0 Å². The Labute approximate surface area is 95.9 Å². The minimum Gasteiger partial charge on any atom is -0.444 e. The van der Waals surface area contributed by atoms with Crippen molar-refractivity contribution in [1.82, 2.24) is 5.32 Å². The average Bonchev–Trinajstić information content (AvgIpc) is 1.97. The third-order valence-electron chi connectivity index (χ3n) is 1.03. The van der Waals surface area contributed by atoms with E-state index >= 15 is 0 Å². The molecule has 0 aliphatic rings. The molecule has 1 unspecified atom stereocenters. The maximum atomic E-state index is 11.1. The minimum atomic E-state index is -0.430. The molecule has 0 fully saturated rings. The second kappa shape index (κ2) is 5.86. The molecule has 0 heterocycles. The molecule has 0 aliphatic carbocycles. The third-order valence-corrected chi connectivity index (χ3v) is 3.33. The highest BCUT2D eigenvalue weighted by Gasteiger charge is 2.16. The van der Waals surface area contributed by atoms with E-state index in [4.69, 9.17) is 4.74 Å². The summed E-state index contributed by atoms with van der Waals surface area (Å²) >= 11 is 6.66. The van der Waals surface area contributed by atoms with Gasteiger partial charge in [-0.25, -0.2) is 4.79 Å². The molecule has 0 aromatic rings. The Balaban J connectivity index is 3.64. The van der Waals surface area contributed by atoms with Gasteiger partial charge in [0.2, 0.25) is 0 Å². The first kappa shape index (κ1) is 13.2. The van der Waals surface area contributed by atoms with Crippen molar-refractivity contribution in [2.45, 2.75) is 31.2 Å². The molecule has 0 aromatic carbocycles. The number of nitrogens with one attached hydrogen (secondary N) is 1. The zero-order valence-electron chi connectivity index (χ0n) is 8.06. The molecule has 1 N–H and O–H groups in total. The molecule has 3 nitrogen and oxygen atoms in total. The Morgan fingerprint density at radius 2 is 2.08 bits per heavy atom. The van der Waals surface area contributed by atoms with Gasteiger partial charge in [0, 0.05) is 16.7 Å². The average molecular weight is 317 g/mol. The van der Waals surface area contributed by atoms with Crippen LogP contribution in [-0.2, 0) is 4.74 Å². The first-order valence-electron chi connectivity index (χ1n) is 4.02. The molecule has 0 radical (unpaired) electrons. The Morgan fingerprint density at radius 3 is 2.46 bits per heavy atom.